The van der Waals surface area contributed by atoms with E-state index in [0.29, 0.717) is 6.10 Å². The lowest BCUT2D eigenvalue weighted by Gasteiger charge is -2.21. The van der Waals surface area contributed by atoms with Gasteiger partial charge in [0.15, 0.2) is 0 Å². The predicted molar refractivity (Wildman–Crippen MR) is 71.5 cm³/mol. The van der Waals surface area contributed by atoms with Gasteiger partial charge in [0, 0.05) is 32.8 Å². The van der Waals surface area contributed by atoms with Crippen LogP contribution in [0.3, 0.4) is 0 Å². The third-order valence-corrected chi connectivity index (χ3v) is 2.99. The van der Waals surface area contributed by atoms with Gasteiger partial charge in [-0.3, -0.25) is 9.88 Å². The van der Waals surface area contributed by atoms with E-state index in [1.54, 1.807) is 6.20 Å². The molecule has 1 aromatic rings. The molecule has 0 aliphatic carbocycles. The maximum atomic E-state index is 5.63. The third kappa shape index (κ3) is 3.92. The second-order valence-corrected chi connectivity index (χ2v) is 4.69. The van der Waals surface area contributed by atoms with Crippen LogP contribution in [0.5, 0.6) is 0 Å². The van der Waals surface area contributed by atoms with E-state index in [0.717, 1.165) is 50.7 Å². The summed E-state index contributed by atoms with van der Waals surface area (Å²) in [5.41, 5.74) is 1.02. The molecule has 1 aromatic heterocycles. The molecule has 1 saturated heterocycles. The molecule has 5 heteroatoms. The number of rotatable bonds is 4. The molecule has 2 heterocycles. The zero-order valence-electron chi connectivity index (χ0n) is 11.2. The first kappa shape index (κ1) is 13.2. The number of ether oxygens (including phenoxy) is 1. The van der Waals surface area contributed by atoms with Crippen molar-refractivity contribution in [1.29, 1.82) is 0 Å². The molecule has 1 aliphatic rings. The molecule has 1 N–H and O–H groups in total. The molecule has 2 rings (SSSR count). The Morgan fingerprint density at radius 3 is 3.06 bits per heavy atom. The van der Waals surface area contributed by atoms with Crippen LogP contribution in [0.1, 0.15) is 26.0 Å². The first-order valence-electron chi connectivity index (χ1n) is 6.66. The molecule has 0 spiro atoms. The van der Waals surface area contributed by atoms with Crippen LogP contribution in [-0.2, 0) is 11.3 Å². The van der Waals surface area contributed by atoms with Gasteiger partial charge in [-0.15, -0.1) is 0 Å². The van der Waals surface area contributed by atoms with Crippen LogP contribution >= 0.6 is 0 Å². The van der Waals surface area contributed by atoms with Crippen molar-refractivity contribution in [3.8, 4) is 0 Å². The van der Waals surface area contributed by atoms with Crippen molar-refractivity contribution < 1.29 is 4.74 Å². The SMILES string of the molecule is CCNc1cnc(CN2CCCOC(C)C2)cn1. The van der Waals surface area contributed by atoms with Crippen molar-refractivity contribution in [2.45, 2.75) is 32.9 Å². The monoisotopic (exact) mass is 250 g/mol. The smallest absolute Gasteiger partial charge is 0.144 e. The van der Waals surface area contributed by atoms with Gasteiger partial charge in [-0.1, -0.05) is 0 Å². The van der Waals surface area contributed by atoms with Gasteiger partial charge in [0.05, 0.1) is 24.2 Å². The summed E-state index contributed by atoms with van der Waals surface area (Å²) < 4.78 is 5.63. The zero-order valence-corrected chi connectivity index (χ0v) is 11.2. The molecule has 0 bridgehead atoms. The van der Waals surface area contributed by atoms with Crippen LogP contribution in [-0.4, -0.2) is 47.2 Å². The molecule has 0 radical (unpaired) electrons. The van der Waals surface area contributed by atoms with Gasteiger partial charge in [0.2, 0.25) is 0 Å². The number of hydrogen-bond acceptors (Lipinski definition) is 5. The van der Waals surface area contributed by atoms with Crippen LogP contribution < -0.4 is 5.32 Å². The number of aromatic nitrogens is 2. The minimum absolute atomic E-state index is 0.307. The molecule has 5 nitrogen and oxygen atoms in total. The first-order valence-corrected chi connectivity index (χ1v) is 6.66. The topological polar surface area (TPSA) is 50.3 Å². The number of nitrogens with one attached hydrogen (secondary N) is 1. The molecule has 1 unspecified atom stereocenters. The van der Waals surface area contributed by atoms with Gasteiger partial charge in [-0.25, -0.2) is 4.98 Å². The standard InChI is InChI=1S/C13H22N4O/c1-3-14-13-8-15-12(7-16-13)10-17-5-4-6-18-11(2)9-17/h7-8,11H,3-6,9-10H2,1-2H3,(H,14,16). The average molecular weight is 250 g/mol. The molecule has 1 atom stereocenters. The highest BCUT2D eigenvalue weighted by Gasteiger charge is 2.15. The van der Waals surface area contributed by atoms with E-state index in [1.165, 1.54) is 0 Å². The van der Waals surface area contributed by atoms with Gasteiger partial charge < -0.3 is 10.1 Å². The Balaban J connectivity index is 1.91. The maximum Gasteiger partial charge on any atom is 0.144 e. The average Bonchev–Trinajstić information content (AvgIpc) is 2.56. The lowest BCUT2D eigenvalue weighted by Crippen LogP contribution is -2.30. The molecule has 0 aromatic carbocycles. The van der Waals surface area contributed by atoms with Gasteiger partial charge in [0.1, 0.15) is 5.82 Å². The van der Waals surface area contributed by atoms with E-state index in [4.69, 9.17) is 4.74 Å². The summed E-state index contributed by atoms with van der Waals surface area (Å²) in [5, 5.41) is 3.15. The van der Waals surface area contributed by atoms with Crippen LogP contribution in [0.2, 0.25) is 0 Å². The second kappa shape index (κ2) is 6.66. The van der Waals surface area contributed by atoms with Crippen molar-refractivity contribution in [2.24, 2.45) is 0 Å². The van der Waals surface area contributed by atoms with Crippen LogP contribution in [0.25, 0.3) is 0 Å². The molecule has 100 valence electrons. The Hall–Kier alpha value is -1.20. The minimum Gasteiger partial charge on any atom is -0.377 e. The Labute approximate surface area is 109 Å². The van der Waals surface area contributed by atoms with Crippen LogP contribution in [0, 0.1) is 0 Å². The molecule has 0 amide bonds. The van der Waals surface area contributed by atoms with E-state index in [1.807, 2.05) is 13.1 Å². The zero-order chi connectivity index (χ0) is 12.8. The Morgan fingerprint density at radius 2 is 2.33 bits per heavy atom. The molecule has 18 heavy (non-hydrogen) atoms. The van der Waals surface area contributed by atoms with Gasteiger partial charge in [-0.2, -0.15) is 0 Å². The summed E-state index contributed by atoms with van der Waals surface area (Å²) in [6.07, 6.45) is 5.06. The molecular weight excluding hydrogens is 228 g/mol. The highest BCUT2D eigenvalue weighted by Crippen LogP contribution is 2.09. The molecular formula is C13H22N4O. The van der Waals surface area contributed by atoms with Crippen molar-refractivity contribution in [1.82, 2.24) is 14.9 Å². The number of anilines is 1. The maximum absolute atomic E-state index is 5.63. The van der Waals surface area contributed by atoms with E-state index >= 15 is 0 Å². The fourth-order valence-corrected chi connectivity index (χ4v) is 2.16. The summed E-state index contributed by atoms with van der Waals surface area (Å²) in [7, 11) is 0. The summed E-state index contributed by atoms with van der Waals surface area (Å²) in [6.45, 7) is 8.80. The largest absolute Gasteiger partial charge is 0.377 e. The van der Waals surface area contributed by atoms with Crippen molar-refractivity contribution in [2.75, 3.05) is 31.6 Å². The van der Waals surface area contributed by atoms with E-state index < -0.39 is 0 Å². The molecule has 1 aliphatic heterocycles. The van der Waals surface area contributed by atoms with Crippen LogP contribution in [0.4, 0.5) is 5.82 Å². The summed E-state index contributed by atoms with van der Waals surface area (Å²) in [4.78, 5) is 11.2. The van der Waals surface area contributed by atoms with Crippen molar-refractivity contribution in [3.63, 3.8) is 0 Å². The minimum atomic E-state index is 0.307. The van der Waals surface area contributed by atoms with Crippen molar-refractivity contribution in [3.05, 3.63) is 18.1 Å². The lowest BCUT2D eigenvalue weighted by molar-refractivity contribution is 0.0666. The third-order valence-electron chi connectivity index (χ3n) is 2.99. The fourth-order valence-electron chi connectivity index (χ4n) is 2.16. The van der Waals surface area contributed by atoms with Gasteiger partial charge in [0.25, 0.3) is 0 Å². The quantitative estimate of drug-likeness (QED) is 0.878. The lowest BCUT2D eigenvalue weighted by atomic mass is 10.3. The van der Waals surface area contributed by atoms with E-state index in [-0.39, 0.29) is 0 Å². The highest BCUT2D eigenvalue weighted by atomic mass is 16.5. The van der Waals surface area contributed by atoms with E-state index in [2.05, 4.69) is 27.1 Å². The molecule has 1 fully saturated rings. The predicted octanol–water partition coefficient (Wildman–Crippen LogP) is 1.52. The Bertz CT molecular complexity index is 355. The second-order valence-electron chi connectivity index (χ2n) is 4.69. The summed E-state index contributed by atoms with van der Waals surface area (Å²) >= 11 is 0. The van der Waals surface area contributed by atoms with Crippen molar-refractivity contribution >= 4 is 5.82 Å². The van der Waals surface area contributed by atoms with E-state index in [9.17, 15) is 0 Å². The Morgan fingerprint density at radius 1 is 1.44 bits per heavy atom. The normalized spacial score (nSPS) is 21.6. The number of nitrogens with zero attached hydrogens (tertiary/aromatic N) is 3. The fraction of sp³-hybridized carbons (Fsp3) is 0.692. The highest BCUT2D eigenvalue weighted by molar-refractivity contribution is 5.30. The summed E-state index contributed by atoms with van der Waals surface area (Å²) in [6, 6.07) is 0. The van der Waals surface area contributed by atoms with Gasteiger partial charge in [-0.05, 0) is 20.3 Å². The van der Waals surface area contributed by atoms with Crippen LogP contribution in [0.15, 0.2) is 12.4 Å². The Kier molecular flexibility index (Phi) is 4.90. The van der Waals surface area contributed by atoms with Gasteiger partial charge >= 0.3 is 0 Å². The molecule has 0 saturated carbocycles. The number of hydrogen-bond donors (Lipinski definition) is 1. The first-order chi connectivity index (χ1) is 8.78. The summed E-state index contributed by atoms with van der Waals surface area (Å²) in [5.74, 6) is 0.841.